The summed E-state index contributed by atoms with van der Waals surface area (Å²) in [6, 6.07) is 10.4. The molecule has 0 radical (unpaired) electrons. The number of rotatable bonds is 4. The predicted octanol–water partition coefficient (Wildman–Crippen LogP) is 2.21. The largest absolute Gasteiger partial charge is 0.392 e. The minimum atomic E-state index is -0.289. The van der Waals surface area contributed by atoms with E-state index in [9.17, 15) is 5.11 Å². The van der Waals surface area contributed by atoms with Crippen molar-refractivity contribution in [3.05, 3.63) is 35.9 Å². The maximum atomic E-state index is 10.4. The molecule has 0 aromatic heterocycles. The Bertz CT molecular complexity index is 317. The first kappa shape index (κ1) is 11.6. The normalized spacial score (nSPS) is 20.9. The van der Waals surface area contributed by atoms with Crippen LogP contribution in [0.1, 0.15) is 37.7 Å². The summed E-state index contributed by atoms with van der Waals surface area (Å²) in [4.78, 5) is 0. The summed E-state index contributed by atoms with van der Waals surface area (Å²) in [6.45, 7) is 0.565. The van der Waals surface area contributed by atoms with E-state index in [0.29, 0.717) is 13.0 Å². The summed E-state index contributed by atoms with van der Waals surface area (Å²) in [6.07, 6.45) is 5.04. The van der Waals surface area contributed by atoms with Gasteiger partial charge in [-0.3, -0.25) is 0 Å². The van der Waals surface area contributed by atoms with Gasteiger partial charge in [-0.2, -0.15) is 0 Å². The van der Waals surface area contributed by atoms with Crippen molar-refractivity contribution in [3.8, 4) is 0 Å². The van der Waals surface area contributed by atoms with E-state index in [4.69, 9.17) is 5.73 Å². The molecular weight excluding hydrogens is 198 g/mol. The first-order chi connectivity index (χ1) is 7.79. The molecule has 1 aliphatic carbocycles. The van der Waals surface area contributed by atoms with Crippen molar-refractivity contribution in [3.63, 3.8) is 0 Å². The van der Waals surface area contributed by atoms with Crippen LogP contribution in [0, 0.1) is 0 Å². The summed E-state index contributed by atoms with van der Waals surface area (Å²) < 4.78 is 0. The van der Waals surface area contributed by atoms with Gasteiger partial charge in [0.05, 0.1) is 6.10 Å². The minimum Gasteiger partial charge on any atom is -0.392 e. The molecule has 2 heteroatoms. The molecule has 88 valence electrons. The van der Waals surface area contributed by atoms with Crippen LogP contribution >= 0.6 is 0 Å². The van der Waals surface area contributed by atoms with E-state index in [1.165, 1.54) is 18.4 Å². The Morgan fingerprint density at radius 2 is 1.81 bits per heavy atom. The molecule has 3 N–H and O–H groups in total. The Morgan fingerprint density at radius 1 is 1.19 bits per heavy atom. The van der Waals surface area contributed by atoms with Gasteiger partial charge in [0.15, 0.2) is 0 Å². The minimum absolute atomic E-state index is 0.0272. The molecule has 1 aliphatic rings. The zero-order chi connectivity index (χ0) is 11.4. The van der Waals surface area contributed by atoms with E-state index < -0.39 is 0 Å². The Kier molecular flexibility index (Phi) is 3.62. The van der Waals surface area contributed by atoms with Crippen LogP contribution < -0.4 is 5.73 Å². The topological polar surface area (TPSA) is 46.2 Å². The second kappa shape index (κ2) is 4.98. The van der Waals surface area contributed by atoms with E-state index in [2.05, 4.69) is 24.3 Å². The molecule has 0 bridgehead atoms. The monoisotopic (exact) mass is 219 g/mol. The molecule has 0 amide bonds. The van der Waals surface area contributed by atoms with Gasteiger partial charge in [0, 0.05) is 5.41 Å². The third-order valence-corrected chi connectivity index (χ3v) is 3.92. The molecule has 0 aliphatic heterocycles. The molecule has 1 fully saturated rings. The van der Waals surface area contributed by atoms with Crippen molar-refractivity contribution in [1.82, 2.24) is 0 Å². The highest BCUT2D eigenvalue weighted by atomic mass is 16.3. The average molecular weight is 219 g/mol. The SMILES string of the molecule is NCCC(O)C1(c2ccccc2)CCCC1. The quantitative estimate of drug-likeness (QED) is 0.815. The maximum Gasteiger partial charge on any atom is 0.0648 e. The van der Waals surface area contributed by atoms with E-state index in [1.807, 2.05) is 6.07 Å². The molecule has 2 nitrogen and oxygen atoms in total. The standard InChI is InChI=1S/C14H21NO/c15-11-8-13(16)14(9-4-5-10-14)12-6-2-1-3-7-12/h1-3,6-7,13,16H,4-5,8-11,15H2. The molecule has 1 saturated carbocycles. The fourth-order valence-corrected chi connectivity index (χ4v) is 3.02. The van der Waals surface area contributed by atoms with Gasteiger partial charge in [0.1, 0.15) is 0 Å². The van der Waals surface area contributed by atoms with Crippen LogP contribution in [0.4, 0.5) is 0 Å². The van der Waals surface area contributed by atoms with Crippen LogP contribution in [0.15, 0.2) is 30.3 Å². The summed E-state index contributed by atoms with van der Waals surface area (Å²) in [5, 5.41) is 10.4. The van der Waals surface area contributed by atoms with Crippen molar-refractivity contribution in [2.24, 2.45) is 5.73 Å². The van der Waals surface area contributed by atoms with Crippen molar-refractivity contribution in [2.75, 3.05) is 6.54 Å². The van der Waals surface area contributed by atoms with E-state index >= 15 is 0 Å². The van der Waals surface area contributed by atoms with Crippen molar-refractivity contribution < 1.29 is 5.11 Å². The number of hydrogen-bond acceptors (Lipinski definition) is 2. The highest BCUT2D eigenvalue weighted by Crippen LogP contribution is 2.44. The maximum absolute atomic E-state index is 10.4. The first-order valence-corrected chi connectivity index (χ1v) is 6.23. The number of aliphatic hydroxyl groups is 1. The zero-order valence-electron chi connectivity index (χ0n) is 9.73. The molecule has 1 unspecified atom stereocenters. The fraction of sp³-hybridized carbons (Fsp3) is 0.571. The van der Waals surface area contributed by atoms with Crippen molar-refractivity contribution in [1.29, 1.82) is 0 Å². The van der Waals surface area contributed by atoms with E-state index in [-0.39, 0.29) is 11.5 Å². The summed E-state index contributed by atoms with van der Waals surface area (Å²) in [5.41, 5.74) is 6.83. The lowest BCUT2D eigenvalue weighted by molar-refractivity contribution is 0.0766. The Hall–Kier alpha value is -0.860. The highest BCUT2D eigenvalue weighted by molar-refractivity contribution is 5.28. The lowest BCUT2D eigenvalue weighted by Gasteiger charge is -2.35. The summed E-state index contributed by atoms with van der Waals surface area (Å²) in [5.74, 6) is 0. The Morgan fingerprint density at radius 3 is 2.38 bits per heavy atom. The third kappa shape index (κ3) is 2.00. The van der Waals surface area contributed by atoms with Gasteiger partial charge < -0.3 is 10.8 Å². The van der Waals surface area contributed by atoms with Gasteiger partial charge in [-0.15, -0.1) is 0 Å². The molecule has 2 rings (SSSR count). The van der Waals surface area contributed by atoms with Crippen molar-refractivity contribution in [2.45, 2.75) is 43.6 Å². The van der Waals surface area contributed by atoms with Crippen LogP contribution in [0.2, 0.25) is 0 Å². The Labute approximate surface area is 97.5 Å². The van der Waals surface area contributed by atoms with Gasteiger partial charge in [-0.05, 0) is 31.4 Å². The lowest BCUT2D eigenvalue weighted by Crippen LogP contribution is -2.38. The molecule has 16 heavy (non-hydrogen) atoms. The molecule has 0 saturated heterocycles. The van der Waals surface area contributed by atoms with Gasteiger partial charge >= 0.3 is 0 Å². The zero-order valence-corrected chi connectivity index (χ0v) is 9.73. The number of aliphatic hydroxyl groups excluding tert-OH is 1. The molecular formula is C14H21NO. The van der Waals surface area contributed by atoms with Gasteiger partial charge in [0.25, 0.3) is 0 Å². The van der Waals surface area contributed by atoms with E-state index in [0.717, 1.165) is 12.8 Å². The molecule has 0 spiro atoms. The first-order valence-electron chi connectivity index (χ1n) is 6.23. The highest BCUT2D eigenvalue weighted by Gasteiger charge is 2.41. The number of nitrogens with two attached hydrogens (primary N) is 1. The summed E-state index contributed by atoms with van der Waals surface area (Å²) in [7, 11) is 0. The van der Waals surface area contributed by atoms with Gasteiger partial charge in [-0.25, -0.2) is 0 Å². The van der Waals surface area contributed by atoms with Crippen LogP contribution in [-0.4, -0.2) is 17.8 Å². The number of hydrogen-bond donors (Lipinski definition) is 2. The molecule has 0 heterocycles. The number of benzene rings is 1. The third-order valence-electron chi connectivity index (χ3n) is 3.92. The summed E-state index contributed by atoms with van der Waals surface area (Å²) >= 11 is 0. The van der Waals surface area contributed by atoms with E-state index in [1.54, 1.807) is 0 Å². The smallest absolute Gasteiger partial charge is 0.0648 e. The molecule has 1 aromatic carbocycles. The molecule has 1 atom stereocenters. The lowest BCUT2D eigenvalue weighted by atomic mass is 9.73. The van der Waals surface area contributed by atoms with Crippen LogP contribution in [-0.2, 0) is 5.41 Å². The average Bonchev–Trinajstić information content (AvgIpc) is 2.81. The van der Waals surface area contributed by atoms with Crippen LogP contribution in [0.5, 0.6) is 0 Å². The second-order valence-electron chi connectivity index (χ2n) is 4.82. The second-order valence-corrected chi connectivity index (χ2v) is 4.82. The van der Waals surface area contributed by atoms with Crippen LogP contribution in [0.25, 0.3) is 0 Å². The van der Waals surface area contributed by atoms with Crippen LogP contribution in [0.3, 0.4) is 0 Å². The predicted molar refractivity (Wildman–Crippen MR) is 66.3 cm³/mol. The molecule has 1 aromatic rings. The Balaban J connectivity index is 2.28. The van der Waals surface area contributed by atoms with Gasteiger partial charge in [-0.1, -0.05) is 43.2 Å². The van der Waals surface area contributed by atoms with Crippen molar-refractivity contribution >= 4 is 0 Å². The fourth-order valence-electron chi connectivity index (χ4n) is 3.02. The van der Waals surface area contributed by atoms with Gasteiger partial charge in [0.2, 0.25) is 0 Å².